The van der Waals surface area contributed by atoms with Crippen LogP contribution in [0.2, 0.25) is 0 Å². The Labute approximate surface area is 143 Å². The first kappa shape index (κ1) is 17.0. The molecule has 1 heterocycles. The maximum Gasteiger partial charge on any atom is 0.242 e. The van der Waals surface area contributed by atoms with Gasteiger partial charge in [0, 0.05) is 19.0 Å². The van der Waals surface area contributed by atoms with Crippen molar-refractivity contribution >= 4 is 11.8 Å². The molecule has 2 amide bonds. The topological polar surface area (TPSA) is 60.9 Å². The minimum atomic E-state index is -0.328. The third kappa shape index (κ3) is 3.61. The zero-order valence-corrected chi connectivity index (χ0v) is 14.1. The van der Waals surface area contributed by atoms with Gasteiger partial charge in [0.25, 0.3) is 0 Å². The zero-order chi connectivity index (χ0) is 16.9. The van der Waals surface area contributed by atoms with Crippen molar-refractivity contribution in [3.63, 3.8) is 0 Å². The van der Waals surface area contributed by atoms with Gasteiger partial charge in [-0.25, -0.2) is 0 Å². The molecule has 2 aliphatic rings. The van der Waals surface area contributed by atoms with E-state index in [4.69, 9.17) is 0 Å². The lowest BCUT2D eigenvalue weighted by Crippen LogP contribution is -2.54. The van der Waals surface area contributed by atoms with Gasteiger partial charge >= 0.3 is 0 Å². The Kier molecular flexibility index (Phi) is 5.51. The van der Waals surface area contributed by atoms with E-state index in [9.17, 15) is 14.7 Å². The van der Waals surface area contributed by atoms with Crippen LogP contribution in [0.3, 0.4) is 0 Å². The number of aliphatic hydroxyl groups is 1. The molecular weight excluding hydrogens is 304 g/mol. The highest BCUT2D eigenvalue weighted by molar-refractivity contribution is 5.87. The second-order valence-electron chi connectivity index (χ2n) is 6.79. The van der Waals surface area contributed by atoms with Crippen LogP contribution in [0.25, 0.3) is 0 Å². The van der Waals surface area contributed by atoms with Crippen LogP contribution in [0.5, 0.6) is 0 Å². The second-order valence-corrected chi connectivity index (χ2v) is 6.79. The first-order valence-corrected chi connectivity index (χ1v) is 8.94. The zero-order valence-electron chi connectivity index (χ0n) is 14.1. The lowest BCUT2D eigenvalue weighted by Gasteiger charge is -2.40. The Morgan fingerprint density at radius 1 is 1.12 bits per heavy atom. The molecule has 1 saturated heterocycles. The average Bonchev–Trinajstić information content (AvgIpc) is 2.64. The Morgan fingerprint density at radius 3 is 2.46 bits per heavy atom. The fraction of sp³-hybridized carbons (Fsp3) is 0.579. The smallest absolute Gasteiger partial charge is 0.242 e. The Hall–Kier alpha value is -1.88. The standard InChI is InChI=1S/C19H26N2O3/c22-14-17(15-7-3-1-4-8-15)21-12-11-20(13-18(21)23)19(24)16-9-5-2-6-10-16/h1,3-4,7-8,16-17,22H,2,5-6,9-14H2. The number of amides is 2. The molecule has 130 valence electrons. The van der Waals surface area contributed by atoms with Crippen molar-refractivity contribution in [1.29, 1.82) is 0 Å². The molecule has 0 radical (unpaired) electrons. The summed E-state index contributed by atoms with van der Waals surface area (Å²) in [6.07, 6.45) is 5.36. The van der Waals surface area contributed by atoms with E-state index in [1.165, 1.54) is 6.42 Å². The predicted octanol–water partition coefficient (Wildman–Crippen LogP) is 1.97. The van der Waals surface area contributed by atoms with E-state index >= 15 is 0 Å². The highest BCUT2D eigenvalue weighted by Crippen LogP contribution is 2.27. The largest absolute Gasteiger partial charge is 0.394 e. The molecule has 2 fully saturated rings. The molecule has 1 unspecified atom stereocenters. The average molecular weight is 330 g/mol. The molecule has 1 N–H and O–H groups in total. The van der Waals surface area contributed by atoms with E-state index in [2.05, 4.69) is 0 Å². The summed E-state index contributed by atoms with van der Waals surface area (Å²) >= 11 is 0. The van der Waals surface area contributed by atoms with Gasteiger partial charge in [0.1, 0.15) is 0 Å². The number of piperazine rings is 1. The Morgan fingerprint density at radius 2 is 1.83 bits per heavy atom. The van der Waals surface area contributed by atoms with Crippen LogP contribution >= 0.6 is 0 Å². The van der Waals surface area contributed by atoms with Crippen LogP contribution in [0.1, 0.15) is 43.7 Å². The summed E-state index contributed by atoms with van der Waals surface area (Å²) in [6, 6.07) is 9.25. The van der Waals surface area contributed by atoms with Crippen molar-refractivity contribution in [3.8, 4) is 0 Å². The SMILES string of the molecule is O=C(C1CCCCC1)N1CCN(C(CO)c2ccccc2)C(=O)C1. The summed E-state index contributed by atoms with van der Waals surface area (Å²) in [5, 5.41) is 9.75. The van der Waals surface area contributed by atoms with Gasteiger partial charge < -0.3 is 14.9 Å². The Balaban J connectivity index is 1.64. The maximum absolute atomic E-state index is 12.6. The number of hydrogen-bond acceptors (Lipinski definition) is 3. The van der Waals surface area contributed by atoms with E-state index in [-0.39, 0.29) is 36.9 Å². The number of hydrogen-bond donors (Lipinski definition) is 1. The maximum atomic E-state index is 12.6. The number of aliphatic hydroxyl groups excluding tert-OH is 1. The van der Waals surface area contributed by atoms with E-state index in [1.54, 1.807) is 9.80 Å². The van der Waals surface area contributed by atoms with Crippen LogP contribution in [-0.4, -0.2) is 53.0 Å². The molecule has 1 atom stereocenters. The van der Waals surface area contributed by atoms with Crippen molar-refractivity contribution in [3.05, 3.63) is 35.9 Å². The van der Waals surface area contributed by atoms with E-state index in [0.29, 0.717) is 13.1 Å². The third-order valence-corrected chi connectivity index (χ3v) is 5.26. The minimum Gasteiger partial charge on any atom is -0.394 e. The van der Waals surface area contributed by atoms with Crippen LogP contribution < -0.4 is 0 Å². The molecule has 3 rings (SSSR count). The van der Waals surface area contributed by atoms with Crippen molar-refractivity contribution in [2.45, 2.75) is 38.1 Å². The second kappa shape index (κ2) is 7.79. The summed E-state index contributed by atoms with van der Waals surface area (Å²) in [5.41, 5.74) is 0.931. The molecule has 0 spiro atoms. The van der Waals surface area contributed by atoms with Gasteiger partial charge in [-0.05, 0) is 18.4 Å². The van der Waals surface area contributed by atoms with Gasteiger partial charge in [0.2, 0.25) is 11.8 Å². The summed E-state index contributed by atoms with van der Waals surface area (Å²) in [7, 11) is 0. The molecule has 1 aromatic rings. The number of carbonyl (C=O) groups excluding carboxylic acids is 2. The molecule has 5 heteroatoms. The predicted molar refractivity (Wildman–Crippen MR) is 91.1 cm³/mol. The molecule has 5 nitrogen and oxygen atoms in total. The fourth-order valence-electron chi connectivity index (χ4n) is 3.87. The first-order valence-electron chi connectivity index (χ1n) is 8.94. The Bertz CT molecular complexity index is 569. The first-order chi connectivity index (χ1) is 11.7. The van der Waals surface area contributed by atoms with Crippen LogP contribution in [0, 0.1) is 5.92 Å². The number of carbonyl (C=O) groups is 2. The third-order valence-electron chi connectivity index (χ3n) is 5.26. The normalized spacial score (nSPS) is 21.0. The molecule has 1 aliphatic carbocycles. The van der Waals surface area contributed by atoms with Crippen LogP contribution in [0.15, 0.2) is 30.3 Å². The van der Waals surface area contributed by atoms with Gasteiger partial charge in [-0.1, -0.05) is 49.6 Å². The highest BCUT2D eigenvalue weighted by Gasteiger charge is 2.34. The van der Waals surface area contributed by atoms with Gasteiger partial charge in [-0.2, -0.15) is 0 Å². The minimum absolute atomic E-state index is 0.0756. The van der Waals surface area contributed by atoms with E-state index < -0.39 is 0 Å². The number of rotatable bonds is 4. The fourth-order valence-corrected chi connectivity index (χ4v) is 3.87. The van der Waals surface area contributed by atoms with Gasteiger partial charge in [-0.15, -0.1) is 0 Å². The number of benzene rings is 1. The van der Waals surface area contributed by atoms with Crippen molar-refractivity contribution < 1.29 is 14.7 Å². The number of nitrogens with zero attached hydrogens (tertiary/aromatic N) is 2. The van der Waals surface area contributed by atoms with Gasteiger partial charge in [-0.3, -0.25) is 9.59 Å². The summed E-state index contributed by atoms with van der Waals surface area (Å²) in [6.45, 7) is 1.08. The summed E-state index contributed by atoms with van der Waals surface area (Å²) < 4.78 is 0. The molecule has 1 saturated carbocycles. The lowest BCUT2D eigenvalue weighted by atomic mass is 9.88. The van der Waals surface area contributed by atoms with Gasteiger partial charge in [0.05, 0.1) is 19.2 Å². The van der Waals surface area contributed by atoms with Crippen molar-refractivity contribution in [1.82, 2.24) is 9.80 Å². The van der Waals surface area contributed by atoms with E-state index in [1.807, 2.05) is 30.3 Å². The molecule has 0 aromatic heterocycles. The quantitative estimate of drug-likeness (QED) is 0.918. The molecular formula is C19H26N2O3. The molecule has 24 heavy (non-hydrogen) atoms. The van der Waals surface area contributed by atoms with Crippen molar-refractivity contribution in [2.24, 2.45) is 5.92 Å². The molecule has 1 aliphatic heterocycles. The summed E-state index contributed by atoms with van der Waals surface area (Å²) in [5.74, 6) is 0.164. The lowest BCUT2D eigenvalue weighted by molar-refractivity contribution is -0.150. The monoisotopic (exact) mass is 330 g/mol. The van der Waals surface area contributed by atoms with Crippen molar-refractivity contribution in [2.75, 3.05) is 26.2 Å². The molecule has 0 bridgehead atoms. The van der Waals surface area contributed by atoms with Crippen LogP contribution in [0.4, 0.5) is 0 Å². The van der Waals surface area contributed by atoms with E-state index in [0.717, 1.165) is 31.2 Å². The summed E-state index contributed by atoms with van der Waals surface area (Å²) in [4.78, 5) is 28.6. The highest BCUT2D eigenvalue weighted by atomic mass is 16.3. The van der Waals surface area contributed by atoms with Gasteiger partial charge in [0.15, 0.2) is 0 Å². The van der Waals surface area contributed by atoms with Crippen LogP contribution in [-0.2, 0) is 9.59 Å². The molecule has 1 aromatic carbocycles.